The molecule has 0 aromatic heterocycles. The van der Waals surface area contributed by atoms with Crippen molar-refractivity contribution >= 4 is 5.91 Å². The molecule has 1 aliphatic carbocycles. The first-order valence-corrected chi connectivity index (χ1v) is 4.80. The highest BCUT2D eigenvalue weighted by molar-refractivity contribution is 5.77. The fourth-order valence-electron chi connectivity index (χ4n) is 1.12. The van der Waals surface area contributed by atoms with E-state index in [-0.39, 0.29) is 5.91 Å². The first-order chi connectivity index (χ1) is 5.83. The van der Waals surface area contributed by atoms with E-state index in [1.807, 2.05) is 6.92 Å². The Balaban J connectivity index is 1.86. The molecule has 3 nitrogen and oxygen atoms in total. The lowest BCUT2D eigenvalue weighted by Gasteiger charge is -2.03. The molecule has 0 spiro atoms. The summed E-state index contributed by atoms with van der Waals surface area (Å²) in [6.07, 6.45) is 3.89. The quantitative estimate of drug-likeness (QED) is 0.610. The lowest BCUT2D eigenvalue weighted by atomic mass is 10.3. The van der Waals surface area contributed by atoms with Crippen LogP contribution in [0.25, 0.3) is 0 Å². The van der Waals surface area contributed by atoms with E-state index in [2.05, 4.69) is 10.6 Å². The summed E-state index contributed by atoms with van der Waals surface area (Å²) < 4.78 is 0. The third-order valence-electron chi connectivity index (χ3n) is 2.11. The maximum absolute atomic E-state index is 11.0. The Morgan fingerprint density at radius 2 is 2.25 bits per heavy atom. The Kier molecular flexibility index (Phi) is 4.08. The van der Waals surface area contributed by atoms with E-state index in [9.17, 15) is 4.79 Å². The minimum absolute atomic E-state index is 0.123. The van der Waals surface area contributed by atoms with Crippen molar-refractivity contribution in [3.05, 3.63) is 0 Å². The van der Waals surface area contributed by atoms with Gasteiger partial charge in [0.1, 0.15) is 0 Å². The molecule has 70 valence electrons. The van der Waals surface area contributed by atoms with Gasteiger partial charge in [0.25, 0.3) is 0 Å². The van der Waals surface area contributed by atoms with E-state index in [0.717, 1.165) is 25.4 Å². The molecule has 0 bridgehead atoms. The number of amides is 1. The van der Waals surface area contributed by atoms with Crippen LogP contribution in [0.4, 0.5) is 0 Å². The molecule has 0 unspecified atom stereocenters. The summed E-state index contributed by atoms with van der Waals surface area (Å²) >= 11 is 0. The van der Waals surface area contributed by atoms with Gasteiger partial charge in [0.15, 0.2) is 0 Å². The summed E-state index contributed by atoms with van der Waals surface area (Å²) in [5.74, 6) is 1.03. The lowest BCUT2D eigenvalue weighted by molar-refractivity contribution is -0.120. The number of likely N-dealkylation sites (N-methyl/N-ethyl adjacent to an activating group) is 1. The van der Waals surface area contributed by atoms with Crippen molar-refractivity contribution in [1.82, 2.24) is 10.6 Å². The molecular weight excluding hydrogens is 152 g/mol. The standard InChI is InChI=1S/C9H18N2O/c1-2-10-7-9(12)11-6-5-8-3-4-8/h8,10H,2-7H2,1H3,(H,11,12). The van der Waals surface area contributed by atoms with Gasteiger partial charge >= 0.3 is 0 Å². The minimum atomic E-state index is 0.123. The topological polar surface area (TPSA) is 41.1 Å². The molecule has 0 aliphatic heterocycles. The molecule has 2 N–H and O–H groups in total. The number of rotatable bonds is 6. The maximum Gasteiger partial charge on any atom is 0.233 e. The van der Waals surface area contributed by atoms with Crippen molar-refractivity contribution in [2.75, 3.05) is 19.6 Å². The Hall–Kier alpha value is -0.570. The monoisotopic (exact) mass is 170 g/mol. The van der Waals surface area contributed by atoms with Crippen molar-refractivity contribution in [1.29, 1.82) is 0 Å². The van der Waals surface area contributed by atoms with Crippen LogP contribution in [-0.2, 0) is 4.79 Å². The van der Waals surface area contributed by atoms with Crippen molar-refractivity contribution in [3.8, 4) is 0 Å². The first-order valence-electron chi connectivity index (χ1n) is 4.80. The highest BCUT2D eigenvalue weighted by Gasteiger charge is 2.20. The summed E-state index contributed by atoms with van der Waals surface area (Å²) in [4.78, 5) is 11.0. The highest BCUT2D eigenvalue weighted by Crippen LogP contribution is 2.31. The predicted octanol–water partition coefficient (Wildman–Crippen LogP) is 0.512. The molecule has 1 aliphatic rings. The van der Waals surface area contributed by atoms with Crippen LogP contribution < -0.4 is 10.6 Å². The van der Waals surface area contributed by atoms with Crippen LogP contribution in [0.5, 0.6) is 0 Å². The third kappa shape index (κ3) is 4.34. The molecule has 12 heavy (non-hydrogen) atoms. The van der Waals surface area contributed by atoms with E-state index >= 15 is 0 Å². The Morgan fingerprint density at radius 3 is 2.83 bits per heavy atom. The molecule has 1 fully saturated rings. The Bertz CT molecular complexity index is 143. The van der Waals surface area contributed by atoms with Gasteiger partial charge in [-0.05, 0) is 18.9 Å². The van der Waals surface area contributed by atoms with Gasteiger partial charge in [0, 0.05) is 6.54 Å². The Morgan fingerprint density at radius 1 is 1.50 bits per heavy atom. The van der Waals surface area contributed by atoms with Crippen molar-refractivity contribution in [3.63, 3.8) is 0 Å². The van der Waals surface area contributed by atoms with E-state index in [4.69, 9.17) is 0 Å². The number of carbonyl (C=O) groups is 1. The second kappa shape index (κ2) is 5.14. The van der Waals surface area contributed by atoms with Crippen LogP contribution in [-0.4, -0.2) is 25.5 Å². The van der Waals surface area contributed by atoms with Crippen LogP contribution >= 0.6 is 0 Å². The van der Waals surface area contributed by atoms with E-state index < -0.39 is 0 Å². The molecule has 0 heterocycles. The van der Waals surface area contributed by atoms with Crippen LogP contribution in [0.2, 0.25) is 0 Å². The van der Waals surface area contributed by atoms with Gasteiger partial charge in [-0.1, -0.05) is 19.8 Å². The molecule has 0 atom stereocenters. The molecule has 1 amide bonds. The van der Waals surface area contributed by atoms with Gasteiger partial charge in [-0.3, -0.25) is 4.79 Å². The molecule has 1 rings (SSSR count). The molecule has 0 radical (unpaired) electrons. The summed E-state index contributed by atoms with van der Waals surface area (Å²) in [5.41, 5.74) is 0. The van der Waals surface area contributed by atoms with Gasteiger partial charge in [-0.25, -0.2) is 0 Å². The number of hydrogen-bond donors (Lipinski definition) is 2. The second-order valence-corrected chi connectivity index (χ2v) is 3.36. The first kappa shape index (κ1) is 9.52. The zero-order valence-corrected chi connectivity index (χ0v) is 7.73. The smallest absolute Gasteiger partial charge is 0.233 e. The molecular formula is C9H18N2O. The lowest BCUT2D eigenvalue weighted by Crippen LogP contribution is -2.34. The number of nitrogens with one attached hydrogen (secondary N) is 2. The maximum atomic E-state index is 11.0. The molecule has 0 aromatic carbocycles. The van der Waals surface area contributed by atoms with Crippen molar-refractivity contribution in [2.24, 2.45) is 5.92 Å². The zero-order valence-electron chi connectivity index (χ0n) is 7.73. The van der Waals surface area contributed by atoms with Crippen molar-refractivity contribution in [2.45, 2.75) is 26.2 Å². The summed E-state index contributed by atoms with van der Waals surface area (Å²) in [5, 5.41) is 5.88. The van der Waals surface area contributed by atoms with Crippen LogP contribution in [0, 0.1) is 5.92 Å². The highest BCUT2D eigenvalue weighted by atomic mass is 16.1. The van der Waals surface area contributed by atoms with Crippen LogP contribution in [0.15, 0.2) is 0 Å². The third-order valence-corrected chi connectivity index (χ3v) is 2.11. The average Bonchev–Trinajstić information content (AvgIpc) is 2.84. The normalized spacial score (nSPS) is 16.1. The van der Waals surface area contributed by atoms with E-state index in [0.29, 0.717) is 6.54 Å². The van der Waals surface area contributed by atoms with E-state index in [1.165, 1.54) is 12.8 Å². The van der Waals surface area contributed by atoms with Gasteiger partial charge in [0.2, 0.25) is 5.91 Å². The molecule has 1 saturated carbocycles. The van der Waals surface area contributed by atoms with Gasteiger partial charge in [-0.2, -0.15) is 0 Å². The molecule has 0 aromatic rings. The van der Waals surface area contributed by atoms with Crippen LogP contribution in [0.1, 0.15) is 26.2 Å². The summed E-state index contributed by atoms with van der Waals surface area (Å²) in [6.45, 7) is 4.17. The van der Waals surface area contributed by atoms with Crippen molar-refractivity contribution < 1.29 is 4.79 Å². The summed E-state index contributed by atoms with van der Waals surface area (Å²) in [7, 11) is 0. The second-order valence-electron chi connectivity index (χ2n) is 3.36. The molecule has 0 saturated heterocycles. The fourth-order valence-corrected chi connectivity index (χ4v) is 1.12. The molecule has 3 heteroatoms. The average molecular weight is 170 g/mol. The van der Waals surface area contributed by atoms with E-state index in [1.54, 1.807) is 0 Å². The summed E-state index contributed by atoms with van der Waals surface area (Å²) in [6, 6.07) is 0. The minimum Gasteiger partial charge on any atom is -0.355 e. The number of carbonyl (C=O) groups excluding carboxylic acids is 1. The zero-order chi connectivity index (χ0) is 8.81. The number of hydrogen-bond acceptors (Lipinski definition) is 2. The van der Waals surface area contributed by atoms with Gasteiger partial charge in [0.05, 0.1) is 6.54 Å². The Labute approximate surface area is 73.9 Å². The van der Waals surface area contributed by atoms with Crippen LogP contribution in [0.3, 0.4) is 0 Å². The SMILES string of the molecule is CCNCC(=O)NCCC1CC1. The fraction of sp³-hybridized carbons (Fsp3) is 0.889. The van der Waals surface area contributed by atoms with Gasteiger partial charge < -0.3 is 10.6 Å². The predicted molar refractivity (Wildman–Crippen MR) is 48.9 cm³/mol. The van der Waals surface area contributed by atoms with Gasteiger partial charge in [-0.15, -0.1) is 0 Å². The largest absolute Gasteiger partial charge is 0.355 e.